The summed E-state index contributed by atoms with van der Waals surface area (Å²) in [6, 6.07) is 0. The van der Waals surface area contributed by atoms with E-state index in [2.05, 4.69) is 5.14 Å². The molecule has 0 saturated heterocycles. The monoisotopic (exact) mass is 206 g/mol. The van der Waals surface area contributed by atoms with Crippen LogP contribution in [0.5, 0.6) is 0 Å². The van der Waals surface area contributed by atoms with Gasteiger partial charge in [-0.25, -0.2) is 13.6 Å². The molecule has 0 saturated carbocycles. The van der Waals surface area contributed by atoms with Gasteiger partial charge < -0.3 is 5.41 Å². The molecule has 6 heteroatoms. The van der Waals surface area contributed by atoms with E-state index in [1.54, 1.807) is 0 Å². The third-order valence-corrected chi connectivity index (χ3v) is 2.05. The Morgan fingerprint density at radius 2 is 2.00 bits per heavy atom. The second-order valence-corrected chi connectivity index (χ2v) is 4.49. The minimum absolute atomic E-state index is 0.107. The van der Waals surface area contributed by atoms with Crippen LogP contribution in [-0.4, -0.2) is 25.7 Å². The number of sulfonamides is 1. The van der Waals surface area contributed by atoms with E-state index in [1.807, 2.05) is 6.92 Å². The number of nitrogens with one attached hydrogen (secondary N) is 1. The molecule has 0 atom stereocenters. The number of hydrogen-bond donors (Lipinski definition) is 2. The van der Waals surface area contributed by atoms with Crippen molar-refractivity contribution < 1.29 is 13.2 Å². The van der Waals surface area contributed by atoms with E-state index in [4.69, 9.17) is 5.41 Å². The van der Waals surface area contributed by atoms with Crippen LogP contribution in [0.15, 0.2) is 0 Å². The maximum Gasteiger partial charge on any atom is 0.216 e. The van der Waals surface area contributed by atoms with Gasteiger partial charge in [-0.05, 0) is 6.42 Å². The summed E-state index contributed by atoms with van der Waals surface area (Å²) in [5.74, 6) is -1.18. The van der Waals surface area contributed by atoms with Crippen molar-refractivity contribution in [1.82, 2.24) is 0 Å². The molecule has 0 spiro atoms. The minimum atomic E-state index is -3.73. The van der Waals surface area contributed by atoms with Crippen molar-refractivity contribution in [3.05, 3.63) is 0 Å². The van der Waals surface area contributed by atoms with Crippen molar-refractivity contribution in [2.45, 2.75) is 26.2 Å². The average Bonchev–Trinajstić information content (AvgIpc) is 1.81. The molecular formula is C7H14N2O3S. The van der Waals surface area contributed by atoms with Crippen LogP contribution in [0.3, 0.4) is 0 Å². The quantitative estimate of drug-likeness (QED) is 0.600. The highest BCUT2D eigenvalue weighted by molar-refractivity contribution is 7.89. The van der Waals surface area contributed by atoms with Crippen molar-refractivity contribution in [2.75, 3.05) is 5.75 Å². The molecule has 0 aliphatic carbocycles. The van der Waals surface area contributed by atoms with Gasteiger partial charge in [0.15, 0.2) is 5.78 Å². The number of ketones is 1. The third-order valence-electron chi connectivity index (χ3n) is 1.32. The number of nitrogens with two attached hydrogens (primary N) is 1. The topological polar surface area (TPSA) is 101 Å². The molecule has 0 heterocycles. The Morgan fingerprint density at radius 3 is 2.38 bits per heavy atom. The van der Waals surface area contributed by atoms with Gasteiger partial charge in [0.25, 0.3) is 0 Å². The zero-order chi connectivity index (χ0) is 10.5. The third kappa shape index (κ3) is 7.61. The predicted molar refractivity (Wildman–Crippen MR) is 50.2 cm³/mol. The number of primary sulfonamides is 1. The van der Waals surface area contributed by atoms with Crippen LogP contribution < -0.4 is 5.14 Å². The van der Waals surface area contributed by atoms with Crippen molar-refractivity contribution in [2.24, 2.45) is 5.14 Å². The Labute approximate surface area is 77.9 Å². The van der Waals surface area contributed by atoms with Crippen LogP contribution in [0.25, 0.3) is 0 Å². The van der Waals surface area contributed by atoms with E-state index < -0.39 is 21.6 Å². The van der Waals surface area contributed by atoms with Gasteiger partial charge in [-0.2, -0.15) is 0 Å². The molecule has 13 heavy (non-hydrogen) atoms. The van der Waals surface area contributed by atoms with E-state index in [0.29, 0.717) is 6.42 Å². The molecule has 0 aromatic carbocycles. The normalized spacial score (nSPS) is 11.2. The zero-order valence-electron chi connectivity index (χ0n) is 7.54. The van der Waals surface area contributed by atoms with E-state index in [0.717, 1.165) is 6.42 Å². The van der Waals surface area contributed by atoms with Crippen LogP contribution in [0.1, 0.15) is 26.2 Å². The fraction of sp³-hybridized carbons (Fsp3) is 0.714. The van der Waals surface area contributed by atoms with Crippen molar-refractivity contribution >= 4 is 21.5 Å². The number of hydrogen-bond acceptors (Lipinski definition) is 4. The average molecular weight is 206 g/mol. The lowest BCUT2D eigenvalue weighted by Gasteiger charge is -2.00. The summed E-state index contributed by atoms with van der Waals surface area (Å²) in [6.45, 7) is 1.89. The zero-order valence-corrected chi connectivity index (χ0v) is 8.36. The van der Waals surface area contributed by atoms with Gasteiger partial charge in [0.2, 0.25) is 10.0 Å². The Hall–Kier alpha value is -0.750. The van der Waals surface area contributed by atoms with Gasteiger partial charge >= 0.3 is 0 Å². The molecule has 0 aromatic rings. The molecule has 0 bridgehead atoms. The lowest BCUT2D eigenvalue weighted by Crippen LogP contribution is -2.24. The molecule has 0 rings (SSSR count). The number of carbonyl (C=O) groups excluding carboxylic acids is 1. The van der Waals surface area contributed by atoms with Crippen LogP contribution in [0, 0.1) is 5.41 Å². The largest absolute Gasteiger partial charge is 0.309 e. The summed E-state index contributed by atoms with van der Waals surface area (Å²) in [6.07, 6.45) is 1.20. The Morgan fingerprint density at radius 1 is 1.46 bits per heavy atom. The first kappa shape index (κ1) is 12.2. The van der Waals surface area contributed by atoms with Crippen molar-refractivity contribution in [3.8, 4) is 0 Å². The van der Waals surface area contributed by atoms with E-state index in [1.165, 1.54) is 0 Å². The van der Waals surface area contributed by atoms with Crippen LogP contribution >= 0.6 is 0 Å². The SMILES string of the molecule is CCCC(=N)CC(=O)CS(N)(=O)=O. The summed E-state index contributed by atoms with van der Waals surface area (Å²) in [5.41, 5.74) is 0.260. The lowest BCUT2D eigenvalue weighted by molar-refractivity contribution is -0.115. The molecule has 0 aliphatic heterocycles. The molecule has 0 radical (unpaired) electrons. The predicted octanol–water partition coefficient (Wildman–Crippen LogP) is 0.0540. The summed E-state index contributed by atoms with van der Waals surface area (Å²) in [4.78, 5) is 10.9. The van der Waals surface area contributed by atoms with Gasteiger partial charge in [0.1, 0.15) is 5.75 Å². The van der Waals surface area contributed by atoms with Crippen LogP contribution in [-0.2, 0) is 14.8 Å². The molecule has 0 aliphatic rings. The molecule has 0 aromatic heterocycles. The fourth-order valence-corrected chi connectivity index (χ4v) is 1.45. The van der Waals surface area contributed by atoms with E-state index in [-0.39, 0.29) is 12.1 Å². The van der Waals surface area contributed by atoms with E-state index >= 15 is 0 Å². The maximum atomic E-state index is 10.9. The molecule has 5 nitrogen and oxygen atoms in total. The molecule has 0 amide bonds. The van der Waals surface area contributed by atoms with Gasteiger partial charge in [-0.1, -0.05) is 13.3 Å². The summed E-state index contributed by atoms with van der Waals surface area (Å²) in [7, 11) is -3.73. The smallest absolute Gasteiger partial charge is 0.216 e. The van der Waals surface area contributed by atoms with Gasteiger partial charge in [-0.3, -0.25) is 4.79 Å². The lowest BCUT2D eigenvalue weighted by atomic mass is 10.1. The van der Waals surface area contributed by atoms with Crippen LogP contribution in [0.2, 0.25) is 0 Å². The highest BCUT2D eigenvalue weighted by Gasteiger charge is 2.12. The van der Waals surface area contributed by atoms with Gasteiger partial charge in [0.05, 0.1) is 0 Å². The Bertz CT molecular complexity index is 295. The summed E-state index contributed by atoms with van der Waals surface area (Å²) < 4.78 is 20.9. The number of Topliss-reactive ketones (excluding diaryl/α,β-unsaturated/α-hetero) is 1. The van der Waals surface area contributed by atoms with Crippen LogP contribution in [0.4, 0.5) is 0 Å². The first-order chi connectivity index (χ1) is 5.85. The standard InChI is InChI=1S/C7H14N2O3S/c1-2-3-6(8)4-7(10)5-13(9,11)12/h8H,2-5H2,1H3,(H2,9,11,12). The Kier molecular flexibility index (Phi) is 4.79. The van der Waals surface area contributed by atoms with Gasteiger partial charge in [-0.15, -0.1) is 0 Å². The number of rotatable bonds is 6. The highest BCUT2D eigenvalue weighted by atomic mass is 32.2. The first-order valence-electron chi connectivity index (χ1n) is 3.93. The molecule has 0 fully saturated rings. The first-order valence-corrected chi connectivity index (χ1v) is 5.65. The highest BCUT2D eigenvalue weighted by Crippen LogP contribution is 1.96. The maximum absolute atomic E-state index is 10.9. The second kappa shape index (κ2) is 5.08. The van der Waals surface area contributed by atoms with Crippen molar-refractivity contribution in [3.63, 3.8) is 0 Å². The van der Waals surface area contributed by atoms with Crippen molar-refractivity contribution in [1.29, 1.82) is 5.41 Å². The number of carbonyl (C=O) groups is 1. The Balaban J connectivity index is 3.96. The molecule has 3 N–H and O–H groups in total. The van der Waals surface area contributed by atoms with E-state index in [9.17, 15) is 13.2 Å². The molecular weight excluding hydrogens is 192 g/mol. The van der Waals surface area contributed by atoms with Gasteiger partial charge in [0, 0.05) is 12.1 Å². The summed E-state index contributed by atoms with van der Waals surface area (Å²) in [5, 5.41) is 11.9. The molecule has 0 unspecified atom stereocenters. The fourth-order valence-electron chi connectivity index (χ4n) is 0.904. The molecule has 76 valence electrons. The minimum Gasteiger partial charge on any atom is -0.309 e. The summed E-state index contributed by atoms with van der Waals surface area (Å²) >= 11 is 0. The second-order valence-electron chi connectivity index (χ2n) is 2.88.